The lowest BCUT2D eigenvalue weighted by Gasteiger charge is -2.32. The van der Waals surface area contributed by atoms with Gasteiger partial charge in [-0.05, 0) is 33.1 Å². The van der Waals surface area contributed by atoms with E-state index in [1.807, 2.05) is 18.5 Å². The van der Waals surface area contributed by atoms with Crippen molar-refractivity contribution < 1.29 is 4.79 Å². The first-order chi connectivity index (χ1) is 12.6. The standard InChI is InChI=1S/C18H27N7O/c1-4-9-25-14(3)17(13(2)23-25)22-18(26)21-15-5-10-24(11-6-15)16-12-19-7-8-20-16/h7-8,12,15H,4-6,9-11H2,1-3H3,(H2,21,22,26). The molecule has 0 bridgehead atoms. The van der Waals surface area contributed by atoms with Gasteiger partial charge in [-0.15, -0.1) is 0 Å². The lowest BCUT2D eigenvalue weighted by atomic mass is 10.1. The molecule has 0 aliphatic carbocycles. The molecule has 2 amide bonds. The Morgan fingerprint density at radius 1 is 1.27 bits per heavy atom. The van der Waals surface area contributed by atoms with Gasteiger partial charge in [0.2, 0.25) is 0 Å². The van der Waals surface area contributed by atoms with E-state index in [2.05, 4.69) is 37.5 Å². The lowest BCUT2D eigenvalue weighted by molar-refractivity contribution is 0.246. The number of aromatic nitrogens is 4. The number of anilines is 2. The molecule has 0 radical (unpaired) electrons. The molecule has 1 aliphatic rings. The molecule has 0 saturated carbocycles. The van der Waals surface area contributed by atoms with Gasteiger partial charge in [-0.1, -0.05) is 6.92 Å². The summed E-state index contributed by atoms with van der Waals surface area (Å²) in [6.07, 6.45) is 7.94. The molecule has 1 aliphatic heterocycles. The van der Waals surface area contributed by atoms with E-state index in [1.165, 1.54) is 0 Å². The molecule has 3 rings (SSSR count). The van der Waals surface area contributed by atoms with E-state index in [0.717, 1.165) is 61.8 Å². The zero-order valence-corrected chi connectivity index (χ0v) is 15.7. The summed E-state index contributed by atoms with van der Waals surface area (Å²) in [5, 5.41) is 10.6. The van der Waals surface area contributed by atoms with Crippen molar-refractivity contribution in [2.45, 2.75) is 52.6 Å². The van der Waals surface area contributed by atoms with Crippen LogP contribution in [-0.2, 0) is 6.54 Å². The molecule has 26 heavy (non-hydrogen) atoms. The molecule has 0 spiro atoms. The number of rotatable bonds is 5. The van der Waals surface area contributed by atoms with Crippen molar-refractivity contribution in [1.29, 1.82) is 0 Å². The van der Waals surface area contributed by atoms with Crippen molar-refractivity contribution in [1.82, 2.24) is 25.1 Å². The highest BCUT2D eigenvalue weighted by atomic mass is 16.2. The monoisotopic (exact) mass is 357 g/mol. The van der Waals surface area contributed by atoms with Crippen molar-refractivity contribution >= 4 is 17.5 Å². The van der Waals surface area contributed by atoms with Crippen molar-refractivity contribution in [3.8, 4) is 0 Å². The average molecular weight is 357 g/mol. The van der Waals surface area contributed by atoms with Crippen molar-refractivity contribution in [3.05, 3.63) is 30.0 Å². The fraction of sp³-hybridized carbons (Fsp3) is 0.556. The van der Waals surface area contributed by atoms with E-state index in [0.29, 0.717) is 0 Å². The van der Waals surface area contributed by atoms with Gasteiger partial charge >= 0.3 is 6.03 Å². The van der Waals surface area contributed by atoms with E-state index >= 15 is 0 Å². The Morgan fingerprint density at radius 2 is 2.04 bits per heavy atom. The predicted molar refractivity (Wildman–Crippen MR) is 101 cm³/mol. The van der Waals surface area contributed by atoms with Crippen LogP contribution in [0.1, 0.15) is 37.6 Å². The molecule has 1 saturated heterocycles. The number of nitrogens with zero attached hydrogens (tertiary/aromatic N) is 5. The second-order valence-corrected chi connectivity index (χ2v) is 6.69. The van der Waals surface area contributed by atoms with Crippen LogP contribution in [0.5, 0.6) is 0 Å². The van der Waals surface area contributed by atoms with Gasteiger partial charge in [-0.3, -0.25) is 9.67 Å². The fourth-order valence-corrected chi connectivity index (χ4v) is 3.35. The highest BCUT2D eigenvalue weighted by Gasteiger charge is 2.22. The van der Waals surface area contributed by atoms with E-state index in [-0.39, 0.29) is 12.1 Å². The predicted octanol–water partition coefficient (Wildman–Crippen LogP) is 2.49. The number of hydrogen-bond acceptors (Lipinski definition) is 5. The van der Waals surface area contributed by atoms with Crippen LogP contribution < -0.4 is 15.5 Å². The molecule has 8 nitrogen and oxygen atoms in total. The summed E-state index contributed by atoms with van der Waals surface area (Å²) in [7, 11) is 0. The average Bonchev–Trinajstić information content (AvgIpc) is 2.91. The Labute approximate surface area is 154 Å². The van der Waals surface area contributed by atoms with Gasteiger partial charge in [-0.2, -0.15) is 5.10 Å². The van der Waals surface area contributed by atoms with Gasteiger partial charge in [-0.25, -0.2) is 9.78 Å². The zero-order valence-electron chi connectivity index (χ0n) is 15.7. The highest BCUT2D eigenvalue weighted by Crippen LogP contribution is 2.20. The number of aryl methyl sites for hydroxylation is 2. The van der Waals surface area contributed by atoms with E-state index in [9.17, 15) is 4.79 Å². The Bertz CT molecular complexity index is 735. The van der Waals surface area contributed by atoms with Crippen LogP contribution in [0.4, 0.5) is 16.3 Å². The first-order valence-corrected chi connectivity index (χ1v) is 9.21. The largest absolute Gasteiger partial charge is 0.355 e. The van der Waals surface area contributed by atoms with Gasteiger partial charge < -0.3 is 15.5 Å². The molecule has 2 N–H and O–H groups in total. The number of piperidine rings is 1. The van der Waals surface area contributed by atoms with Gasteiger partial charge in [0.05, 0.1) is 23.3 Å². The SMILES string of the molecule is CCCn1nc(C)c(NC(=O)NC2CCN(c3cnccn3)CC2)c1C. The molecule has 3 heterocycles. The lowest BCUT2D eigenvalue weighted by Crippen LogP contribution is -2.46. The minimum atomic E-state index is -0.162. The third-order valence-corrected chi connectivity index (χ3v) is 4.76. The molecule has 1 fully saturated rings. The quantitative estimate of drug-likeness (QED) is 0.858. The van der Waals surface area contributed by atoms with Crippen LogP contribution in [-0.4, -0.2) is 44.9 Å². The summed E-state index contributed by atoms with van der Waals surface area (Å²) in [4.78, 5) is 23.1. The number of amides is 2. The summed E-state index contributed by atoms with van der Waals surface area (Å²) in [6.45, 7) is 8.60. The van der Waals surface area contributed by atoms with Gasteiger partial charge in [0, 0.05) is 38.1 Å². The minimum absolute atomic E-state index is 0.161. The maximum atomic E-state index is 12.4. The van der Waals surface area contributed by atoms with Crippen LogP contribution in [0.2, 0.25) is 0 Å². The maximum Gasteiger partial charge on any atom is 0.319 e. The van der Waals surface area contributed by atoms with E-state index in [1.54, 1.807) is 18.6 Å². The highest BCUT2D eigenvalue weighted by molar-refractivity contribution is 5.90. The molecule has 140 valence electrons. The third kappa shape index (κ3) is 4.12. The first kappa shape index (κ1) is 18.2. The second kappa shape index (κ2) is 8.16. The van der Waals surface area contributed by atoms with Crippen LogP contribution >= 0.6 is 0 Å². The maximum absolute atomic E-state index is 12.4. The molecule has 0 aromatic carbocycles. The molecule has 0 unspecified atom stereocenters. The van der Waals surface area contributed by atoms with E-state index in [4.69, 9.17) is 0 Å². The fourth-order valence-electron chi connectivity index (χ4n) is 3.35. The Balaban J connectivity index is 1.52. The summed E-state index contributed by atoms with van der Waals surface area (Å²) in [6, 6.07) is -0.000536. The molecule has 8 heteroatoms. The van der Waals surface area contributed by atoms with Crippen LogP contribution in [0, 0.1) is 13.8 Å². The molecule has 2 aromatic rings. The van der Waals surface area contributed by atoms with Crippen LogP contribution in [0.15, 0.2) is 18.6 Å². The van der Waals surface area contributed by atoms with Crippen LogP contribution in [0.25, 0.3) is 0 Å². The third-order valence-electron chi connectivity index (χ3n) is 4.76. The summed E-state index contributed by atoms with van der Waals surface area (Å²) in [5.41, 5.74) is 2.66. The Kier molecular flexibility index (Phi) is 5.70. The number of hydrogen-bond donors (Lipinski definition) is 2. The summed E-state index contributed by atoms with van der Waals surface area (Å²) in [5.74, 6) is 0.894. The van der Waals surface area contributed by atoms with Gasteiger partial charge in [0.1, 0.15) is 5.82 Å². The first-order valence-electron chi connectivity index (χ1n) is 9.21. The van der Waals surface area contributed by atoms with Crippen molar-refractivity contribution in [2.24, 2.45) is 0 Å². The second-order valence-electron chi connectivity index (χ2n) is 6.69. The topological polar surface area (TPSA) is 88.0 Å². The Hall–Kier alpha value is -2.64. The van der Waals surface area contributed by atoms with Gasteiger partial charge in [0.15, 0.2) is 0 Å². The number of carbonyl (C=O) groups is 1. The normalized spacial score (nSPS) is 15.1. The molecular weight excluding hydrogens is 330 g/mol. The number of urea groups is 1. The summed E-state index contributed by atoms with van der Waals surface area (Å²) >= 11 is 0. The minimum Gasteiger partial charge on any atom is -0.355 e. The zero-order chi connectivity index (χ0) is 18.5. The molecule has 0 atom stereocenters. The summed E-state index contributed by atoms with van der Waals surface area (Å²) < 4.78 is 1.95. The van der Waals surface area contributed by atoms with Crippen molar-refractivity contribution in [2.75, 3.05) is 23.3 Å². The molecular formula is C18H27N7O. The van der Waals surface area contributed by atoms with Crippen molar-refractivity contribution in [3.63, 3.8) is 0 Å². The number of nitrogens with one attached hydrogen (secondary N) is 2. The smallest absolute Gasteiger partial charge is 0.319 e. The van der Waals surface area contributed by atoms with Crippen LogP contribution in [0.3, 0.4) is 0 Å². The van der Waals surface area contributed by atoms with Gasteiger partial charge in [0.25, 0.3) is 0 Å². The number of carbonyl (C=O) groups excluding carboxylic acids is 1. The Morgan fingerprint density at radius 3 is 2.69 bits per heavy atom. The van der Waals surface area contributed by atoms with E-state index < -0.39 is 0 Å². The molecule has 2 aromatic heterocycles.